The molecule has 0 heterocycles. The molecule has 2 unspecified atom stereocenters. The second-order valence-electron chi connectivity index (χ2n) is 3.57. The minimum atomic E-state index is 0.805. The minimum Gasteiger partial charge on any atom is -0.127 e. The second-order valence-corrected chi connectivity index (χ2v) is 3.95. The Bertz CT molecular complexity index is 80.9. The van der Waals surface area contributed by atoms with Gasteiger partial charge in [0, 0.05) is 5.88 Å². The van der Waals surface area contributed by atoms with E-state index in [1.54, 1.807) is 0 Å². The van der Waals surface area contributed by atoms with Gasteiger partial charge in [0.2, 0.25) is 0 Å². The van der Waals surface area contributed by atoms with Gasteiger partial charge >= 0.3 is 0 Å². The average Bonchev–Trinajstić information content (AvgIpc) is 2.00. The first-order valence-electron chi connectivity index (χ1n) is 4.78. The topological polar surface area (TPSA) is 0 Å². The fraction of sp³-hybridized carbons (Fsp3) is 1.00. The summed E-state index contributed by atoms with van der Waals surface area (Å²) >= 11 is 5.67. The summed E-state index contributed by atoms with van der Waals surface area (Å²) in [5.41, 5.74) is 0. The van der Waals surface area contributed by atoms with Crippen LogP contribution in [0.2, 0.25) is 0 Å². The van der Waals surface area contributed by atoms with Gasteiger partial charge in [0.25, 0.3) is 0 Å². The van der Waals surface area contributed by atoms with E-state index in [9.17, 15) is 0 Å². The number of unbranched alkanes of at least 4 members (excludes halogenated alkanes) is 1. The van der Waals surface area contributed by atoms with Crippen LogP contribution in [0.25, 0.3) is 0 Å². The Balaban J connectivity index is 3.38. The summed E-state index contributed by atoms with van der Waals surface area (Å²) in [7, 11) is 0. The lowest BCUT2D eigenvalue weighted by molar-refractivity contribution is 0.348. The van der Waals surface area contributed by atoms with Gasteiger partial charge in [0.05, 0.1) is 0 Å². The van der Waals surface area contributed by atoms with Gasteiger partial charge in [0.1, 0.15) is 0 Å². The molecule has 0 aromatic carbocycles. The van der Waals surface area contributed by atoms with Crippen LogP contribution in [0.15, 0.2) is 0 Å². The molecule has 0 nitrogen and oxygen atoms in total. The fourth-order valence-corrected chi connectivity index (χ4v) is 1.61. The van der Waals surface area contributed by atoms with E-state index in [2.05, 4.69) is 20.8 Å². The molecule has 0 aliphatic rings. The van der Waals surface area contributed by atoms with Gasteiger partial charge in [0.15, 0.2) is 0 Å². The predicted molar refractivity (Wildman–Crippen MR) is 53.2 cm³/mol. The standard InChI is InChI=1S/C10H21Cl/c1-4-5-6-9(2)10(3)7-8-11/h9-10H,4-8H2,1-3H3. The lowest BCUT2D eigenvalue weighted by Gasteiger charge is -2.18. The Hall–Kier alpha value is 0.290. The molecule has 0 N–H and O–H groups in total. The molecular weight excluding hydrogens is 156 g/mol. The quantitative estimate of drug-likeness (QED) is 0.535. The van der Waals surface area contributed by atoms with E-state index in [1.165, 1.54) is 25.7 Å². The Morgan fingerprint density at radius 2 is 1.64 bits per heavy atom. The van der Waals surface area contributed by atoms with E-state index in [-0.39, 0.29) is 0 Å². The van der Waals surface area contributed by atoms with Crippen LogP contribution in [0.4, 0.5) is 0 Å². The highest BCUT2D eigenvalue weighted by Crippen LogP contribution is 2.20. The van der Waals surface area contributed by atoms with Gasteiger partial charge in [-0.05, 0) is 18.3 Å². The van der Waals surface area contributed by atoms with Crippen LogP contribution in [0, 0.1) is 11.8 Å². The highest BCUT2D eigenvalue weighted by molar-refractivity contribution is 6.17. The van der Waals surface area contributed by atoms with Crippen molar-refractivity contribution < 1.29 is 0 Å². The molecule has 0 saturated carbocycles. The molecule has 0 bridgehead atoms. The van der Waals surface area contributed by atoms with Gasteiger partial charge in [-0.3, -0.25) is 0 Å². The highest BCUT2D eigenvalue weighted by Gasteiger charge is 2.10. The number of rotatable bonds is 6. The summed E-state index contributed by atoms with van der Waals surface area (Å²) in [6.07, 6.45) is 5.23. The van der Waals surface area contributed by atoms with Crippen LogP contribution < -0.4 is 0 Å². The van der Waals surface area contributed by atoms with Crippen molar-refractivity contribution in [3.05, 3.63) is 0 Å². The molecule has 0 aromatic heterocycles. The van der Waals surface area contributed by atoms with Crippen LogP contribution in [-0.4, -0.2) is 5.88 Å². The van der Waals surface area contributed by atoms with Crippen molar-refractivity contribution in [2.45, 2.75) is 46.5 Å². The normalized spacial score (nSPS) is 16.4. The molecule has 0 aliphatic heterocycles. The molecule has 0 saturated heterocycles. The monoisotopic (exact) mass is 176 g/mol. The number of hydrogen-bond acceptors (Lipinski definition) is 0. The minimum absolute atomic E-state index is 0.805. The zero-order chi connectivity index (χ0) is 8.69. The zero-order valence-electron chi connectivity index (χ0n) is 8.07. The first-order valence-corrected chi connectivity index (χ1v) is 5.31. The molecule has 0 radical (unpaired) electrons. The maximum atomic E-state index is 5.67. The summed E-state index contributed by atoms with van der Waals surface area (Å²) in [5.74, 6) is 2.48. The zero-order valence-corrected chi connectivity index (χ0v) is 8.82. The third-order valence-electron chi connectivity index (χ3n) is 2.55. The Morgan fingerprint density at radius 3 is 2.09 bits per heavy atom. The van der Waals surface area contributed by atoms with Crippen LogP contribution in [0.3, 0.4) is 0 Å². The van der Waals surface area contributed by atoms with Gasteiger partial charge in [-0.25, -0.2) is 0 Å². The molecule has 11 heavy (non-hydrogen) atoms. The van der Waals surface area contributed by atoms with E-state index < -0.39 is 0 Å². The maximum absolute atomic E-state index is 5.67. The van der Waals surface area contributed by atoms with Crippen LogP contribution >= 0.6 is 11.6 Å². The second kappa shape index (κ2) is 6.97. The molecular formula is C10H21Cl. The third kappa shape index (κ3) is 5.55. The number of halogens is 1. The van der Waals surface area contributed by atoms with Crippen molar-refractivity contribution >= 4 is 11.6 Å². The van der Waals surface area contributed by atoms with Gasteiger partial charge in [-0.2, -0.15) is 0 Å². The molecule has 0 aliphatic carbocycles. The highest BCUT2D eigenvalue weighted by atomic mass is 35.5. The molecule has 0 fully saturated rings. The Labute approximate surface area is 76.3 Å². The van der Waals surface area contributed by atoms with E-state index in [0.717, 1.165) is 17.7 Å². The SMILES string of the molecule is CCCCC(C)C(C)CCCl. The van der Waals surface area contributed by atoms with Crippen molar-refractivity contribution in [3.8, 4) is 0 Å². The first-order chi connectivity index (χ1) is 5.22. The summed E-state index contributed by atoms with van der Waals surface area (Å²) in [6, 6.07) is 0. The van der Waals surface area contributed by atoms with E-state index in [0.29, 0.717) is 0 Å². The van der Waals surface area contributed by atoms with Crippen molar-refractivity contribution in [2.24, 2.45) is 11.8 Å². The smallest absolute Gasteiger partial charge is 0.0226 e. The summed E-state index contributed by atoms with van der Waals surface area (Å²) in [4.78, 5) is 0. The molecule has 0 aromatic rings. The predicted octanol–water partition coefficient (Wildman–Crippen LogP) is 4.08. The van der Waals surface area contributed by atoms with Gasteiger partial charge < -0.3 is 0 Å². The van der Waals surface area contributed by atoms with Crippen molar-refractivity contribution in [1.29, 1.82) is 0 Å². The molecule has 1 heteroatoms. The summed E-state index contributed by atoms with van der Waals surface area (Å²) < 4.78 is 0. The first kappa shape index (κ1) is 11.3. The van der Waals surface area contributed by atoms with Crippen LogP contribution in [0.1, 0.15) is 46.5 Å². The third-order valence-corrected chi connectivity index (χ3v) is 2.77. The number of alkyl halides is 1. The van der Waals surface area contributed by atoms with E-state index >= 15 is 0 Å². The molecule has 2 atom stereocenters. The van der Waals surface area contributed by atoms with Crippen molar-refractivity contribution in [3.63, 3.8) is 0 Å². The maximum Gasteiger partial charge on any atom is 0.0226 e. The van der Waals surface area contributed by atoms with E-state index in [1.807, 2.05) is 0 Å². The largest absolute Gasteiger partial charge is 0.127 e. The fourth-order valence-electron chi connectivity index (χ4n) is 1.27. The Kier molecular flexibility index (Phi) is 7.15. The van der Waals surface area contributed by atoms with Gasteiger partial charge in [-0.15, -0.1) is 11.6 Å². The average molecular weight is 177 g/mol. The van der Waals surface area contributed by atoms with Gasteiger partial charge in [-0.1, -0.05) is 40.0 Å². The lowest BCUT2D eigenvalue weighted by Crippen LogP contribution is -2.08. The molecule has 0 amide bonds. The Morgan fingerprint density at radius 1 is 1.09 bits per heavy atom. The molecule has 68 valence electrons. The summed E-state index contributed by atoms with van der Waals surface area (Å²) in [5, 5.41) is 0. The summed E-state index contributed by atoms with van der Waals surface area (Å²) in [6.45, 7) is 6.90. The number of hydrogen-bond donors (Lipinski definition) is 0. The lowest BCUT2D eigenvalue weighted by atomic mass is 9.89. The van der Waals surface area contributed by atoms with Crippen LogP contribution in [-0.2, 0) is 0 Å². The van der Waals surface area contributed by atoms with Crippen molar-refractivity contribution in [2.75, 3.05) is 5.88 Å². The van der Waals surface area contributed by atoms with Crippen molar-refractivity contribution in [1.82, 2.24) is 0 Å². The molecule has 0 spiro atoms. The van der Waals surface area contributed by atoms with E-state index in [4.69, 9.17) is 11.6 Å². The molecule has 0 rings (SSSR count). The van der Waals surface area contributed by atoms with Crippen LogP contribution in [0.5, 0.6) is 0 Å².